The molecule has 110 valence electrons. The van der Waals surface area contributed by atoms with E-state index in [1.807, 2.05) is 13.0 Å². The van der Waals surface area contributed by atoms with Gasteiger partial charge in [-0.25, -0.2) is 20.0 Å². The van der Waals surface area contributed by atoms with Crippen molar-refractivity contribution < 1.29 is 4.92 Å². The maximum absolute atomic E-state index is 11.3. The van der Waals surface area contributed by atoms with E-state index in [4.69, 9.17) is 0 Å². The Morgan fingerprint density at radius 2 is 1.90 bits per heavy atom. The van der Waals surface area contributed by atoms with E-state index in [2.05, 4.69) is 25.7 Å². The smallest absolute Gasteiger partial charge is 0.319 e. The van der Waals surface area contributed by atoms with Crippen LogP contribution >= 0.6 is 0 Å². The lowest BCUT2D eigenvalue weighted by atomic mass is 10.3. The molecule has 2 aromatic rings. The summed E-state index contributed by atoms with van der Waals surface area (Å²) in [7, 11) is 3.42. The highest BCUT2D eigenvalue weighted by Crippen LogP contribution is 2.31. The fraction of sp³-hybridized carbons (Fsp3) is 0.250. The van der Waals surface area contributed by atoms with E-state index in [9.17, 15) is 10.1 Å². The molecule has 0 fully saturated rings. The molecule has 2 aromatic heterocycles. The van der Waals surface area contributed by atoms with Crippen molar-refractivity contribution in [2.75, 3.05) is 24.8 Å². The molecule has 0 bridgehead atoms. The van der Waals surface area contributed by atoms with Crippen molar-refractivity contribution in [2.45, 2.75) is 6.92 Å². The van der Waals surface area contributed by atoms with Gasteiger partial charge in [0.05, 0.1) is 4.92 Å². The Bertz CT molecular complexity index is 660. The van der Waals surface area contributed by atoms with Gasteiger partial charge in [0, 0.05) is 20.3 Å². The molecule has 0 saturated carbocycles. The van der Waals surface area contributed by atoms with Crippen molar-refractivity contribution in [3.63, 3.8) is 0 Å². The average Bonchev–Trinajstić information content (AvgIpc) is 2.40. The Morgan fingerprint density at radius 3 is 2.52 bits per heavy atom. The number of nitrogens with zero attached hydrogens (tertiary/aromatic N) is 5. The number of hydrazine groups is 1. The van der Waals surface area contributed by atoms with Crippen LogP contribution in [0.5, 0.6) is 0 Å². The van der Waals surface area contributed by atoms with Gasteiger partial charge in [-0.15, -0.1) is 0 Å². The van der Waals surface area contributed by atoms with Gasteiger partial charge in [-0.3, -0.25) is 15.5 Å². The second-order valence-electron chi connectivity index (χ2n) is 4.48. The summed E-state index contributed by atoms with van der Waals surface area (Å²) in [5.41, 5.74) is 3.39. The standard InChI is InChI=1S/C12H15N7O2/c1-8-5-4-6-13-10(8)16-11-9(19(20)21)12(15-7-14-11)17-18(2)3/h4-7H,1-3H3,(H2,13,14,15,16,17). The zero-order valence-corrected chi connectivity index (χ0v) is 11.9. The molecule has 2 N–H and O–H groups in total. The van der Waals surface area contributed by atoms with E-state index in [-0.39, 0.29) is 17.3 Å². The summed E-state index contributed by atoms with van der Waals surface area (Å²) in [6.07, 6.45) is 2.85. The highest BCUT2D eigenvalue weighted by atomic mass is 16.6. The largest absolute Gasteiger partial charge is 0.354 e. The monoisotopic (exact) mass is 289 g/mol. The van der Waals surface area contributed by atoms with Crippen LogP contribution in [0, 0.1) is 17.0 Å². The Hall–Kier alpha value is -2.81. The van der Waals surface area contributed by atoms with Gasteiger partial charge in [-0.1, -0.05) is 6.07 Å². The molecule has 2 rings (SSSR count). The minimum Gasteiger partial charge on any atom is -0.319 e. The van der Waals surface area contributed by atoms with Crippen molar-refractivity contribution in [2.24, 2.45) is 0 Å². The van der Waals surface area contributed by atoms with Gasteiger partial charge in [0.15, 0.2) is 0 Å². The maximum atomic E-state index is 11.3. The molecule has 9 nitrogen and oxygen atoms in total. The first kappa shape index (κ1) is 14.6. The molecule has 0 unspecified atom stereocenters. The third-order valence-corrected chi connectivity index (χ3v) is 2.58. The van der Waals surface area contributed by atoms with Crippen molar-refractivity contribution >= 4 is 23.1 Å². The van der Waals surface area contributed by atoms with Crippen LogP contribution in [0.2, 0.25) is 0 Å². The zero-order valence-electron chi connectivity index (χ0n) is 11.9. The van der Waals surface area contributed by atoms with Gasteiger partial charge >= 0.3 is 5.69 Å². The third-order valence-electron chi connectivity index (χ3n) is 2.58. The van der Waals surface area contributed by atoms with E-state index >= 15 is 0 Å². The molecule has 0 radical (unpaired) electrons. The van der Waals surface area contributed by atoms with Crippen LogP contribution in [0.25, 0.3) is 0 Å². The van der Waals surface area contributed by atoms with Gasteiger partial charge in [0.1, 0.15) is 12.1 Å². The molecule has 0 spiro atoms. The molecule has 0 aromatic carbocycles. The number of aryl methyl sites for hydroxylation is 1. The molecule has 9 heteroatoms. The second kappa shape index (κ2) is 6.09. The minimum atomic E-state index is -0.535. The molecule has 0 aliphatic heterocycles. The minimum absolute atomic E-state index is 0.0844. The van der Waals surface area contributed by atoms with Gasteiger partial charge in [0.25, 0.3) is 0 Å². The van der Waals surface area contributed by atoms with E-state index in [0.717, 1.165) is 5.56 Å². The third kappa shape index (κ3) is 3.39. The second-order valence-corrected chi connectivity index (χ2v) is 4.48. The first-order valence-corrected chi connectivity index (χ1v) is 6.11. The summed E-state index contributed by atoms with van der Waals surface area (Å²) in [5.74, 6) is 0.701. The maximum Gasteiger partial charge on any atom is 0.354 e. The number of aromatic nitrogens is 3. The number of rotatable bonds is 5. The highest BCUT2D eigenvalue weighted by Gasteiger charge is 2.24. The predicted octanol–water partition coefficient (Wildman–Crippen LogP) is 1.72. The SMILES string of the molecule is Cc1cccnc1Nc1ncnc(NN(C)C)c1[N+](=O)[O-]. The fourth-order valence-electron chi connectivity index (χ4n) is 1.67. The number of hydrogen-bond acceptors (Lipinski definition) is 8. The normalized spacial score (nSPS) is 10.5. The Morgan fingerprint density at radius 1 is 1.19 bits per heavy atom. The van der Waals surface area contributed by atoms with Gasteiger partial charge < -0.3 is 5.32 Å². The highest BCUT2D eigenvalue weighted by molar-refractivity contribution is 5.73. The first-order valence-electron chi connectivity index (χ1n) is 6.11. The van der Waals surface area contributed by atoms with Crippen molar-refractivity contribution in [3.05, 3.63) is 40.3 Å². The molecular weight excluding hydrogens is 274 g/mol. The lowest BCUT2D eigenvalue weighted by Crippen LogP contribution is -2.21. The predicted molar refractivity (Wildman–Crippen MR) is 78.3 cm³/mol. The number of pyridine rings is 1. The van der Waals surface area contributed by atoms with Crippen LogP contribution in [0.3, 0.4) is 0 Å². The number of nitro groups is 1. The van der Waals surface area contributed by atoms with Crippen molar-refractivity contribution in [1.29, 1.82) is 0 Å². The number of nitrogens with one attached hydrogen (secondary N) is 2. The summed E-state index contributed by atoms with van der Waals surface area (Å²) in [6, 6.07) is 3.63. The number of hydrogen-bond donors (Lipinski definition) is 2. The lowest BCUT2D eigenvalue weighted by Gasteiger charge is -2.14. The van der Waals surface area contributed by atoms with Crippen LogP contribution < -0.4 is 10.7 Å². The van der Waals surface area contributed by atoms with Gasteiger partial charge in [-0.05, 0) is 18.6 Å². The molecule has 0 aliphatic carbocycles. The van der Waals surface area contributed by atoms with E-state index < -0.39 is 4.92 Å². The van der Waals surface area contributed by atoms with Crippen LogP contribution in [0.1, 0.15) is 5.56 Å². The Balaban J connectivity index is 2.44. The van der Waals surface area contributed by atoms with Crippen molar-refractivity contribution in [3.8, 4) is 0 Å². The van der Waals surface area contributed by atoms with E-state index in [1.165, 1.54) is 6.33 Å². The average molecular weight is 289 g/mol. The lowest BCUT2D eigenvalue weighted by molar-refractivity contribution is -0.383. The van der Waals surface area contributed by atoms with Crippen molar-refractivity contribution in [1.82, 2.24) is 20.0 Å². The molecule has 0 atom stereocenters. The molecular formula is C12H15N7O2. The first-order chi connectivity index (χ1) is 9.99. The van der Waals surface area contributed by atoms with Gasteiger partial charge in [0.2, 0.25) is 11.6 Å². The molecule has 2 heterocycles. The summed E-state index contributed by atoms with van der Waals surface area (Å²) < 4.78 is 0. The Labute approximate surface area is 121 Å². The van der Waals surface area contributed by atoms with Crippen LogP contribution in [0.15, 0.2) is 24.7 Å². The molecule has 0 aliphatic rings. The molecule has 21 heavy (non-hydrogen) atoms. The summed E-state index contributed by atoms with van der Waals surface area (Å²) in [4.78, 5) is 22.8. The summed E-state index contributed by atoms with van der Waals surface area (Å²) in [5, 5.41) is 15.7. The number of anilines is 3. The Kier molecular flexibility index (Phi) is 4.24. The topological polar surface area (TPSA) is 109 Å². The van der Waals surface area contributed by atoms with Gasteiger partial charge in [-0.2, -0.15) is 0 Å². The van der Waals surface area contributed by atoms with Crippen LogP contribution in [-0.4, -0.2) is 39.0 Å². The quantitative estimate of drug-likeness (QED) is 0.632. The summed E-state index contributed by atoms with van der Waals surface area (Å²) in [6.45, 7) is 1.85. The fourth-order valence-corrected chi connectivity index (χ4v) is 1.67. The van der Waals surface area contributed by atoms with Crippen LogP contribution in [-0.2, 0) is 0 Å². The van der Waals surface area contributed by atoms with Crippen LogP contribution in [0.4, 0.5) is 23.1 Å². The zero-order chi connectivity index (χ0) is 15.4. The molecule has 0 amide bonds. The van der Waals surface area contributed by atoms with E-state index in [0.29, 0.717) is 5.82 Å². The summed E-state index contributed by atoms with van der Waals surface area (Å²) >= 11 is 0. The molecule has 0 saturated heterocycles. The van der Waals surface area contributed by atoms with E-state index in [1.54, 1.807) is 31.4 Å².